The average Bonchev–Trinajstić information content (AvgIpc) is 2.43. The van der Waals surface area contributed by atoms with E-state index < -0.39 is 10.0 Å². The third-order valence-electron chi connectivity index (χ3n) is 3.02. The minimum absolute atomic E-state index is 0.0914. The van der Waals surface area contributed by atoms with Crippen molar-refractivity contribution in [3.05, 3.63) is 11.4 Å². The van der Waals surface area contributed by atoms with Crippen LogP contribution in [0.1, 0.15) is 31.2 Å². The quantitative estimate of drug-likeness (QED) is 0.835. The van der Waals surface area contributed by atoms with Gasteiger partial charge in [-0.2, -0.15) is 5.10 Å². The van der Waals surface area contributed by atoms with Crippen molar-refractivity contribution < 1.29 is 8.42 Å². The van der Waals surface area contributed by atoms with Crippen LogP contribution in [0.15, 0.2) is 4.90 Å². The van der Waals surface area contributed by atoms with Crippen LogP contribution in [0.25, 0.3) is 0 Å². The van der Waals surface area contributed by atoms with Gasteiger partial charge in [0.2, 0.25) is 10.0 Å². The smallest absolute Gasteiger partial charge is 0.244 e. The second-order valence-electron chi connectivity index (χ2n) is 4.66. The fourth-order valence-electron chi connectivity index (χ4n) is 2.21. The molecule has 0 bridgehead atoms. The lowest BCUT2D eigenvalue weighted by Crippen LogP contribution is -2.43. The largest absolute Gasteiger partial charge is 0.281 e. The fraction of sp³-hybridized carbons (Fsp3) is 0.700. The predicted molar refractivity (Wildman–Crippen MR) is 60.6 cm³/mol. The molecule has 0 unspecified atom stereocenters. The van der Waals surface area contributed by atoms with Gasteiger partial charge in [0.15, 0.2) is 0 Å². The van der Waals surface area contributed by atoms with Crippen molar-refractivity contribution in [1.29, 1.82) is 0 Å². The standard InChI is InChI=1S/C10H17N3O2S/c1-6-4-9(5-6)13-16(14,15)10-7(2)11-12-8(10)3/h6,9,13H,4-5H2,1-3H3,(H,11,12). The molecule has 16 heavy (non-hydrogen) atoms. The van der Waals surface area contributed by atoms with Crippen LogP contribution in [0.2, 0.25) is 0 Å². The van der Waals surface area contributed by atoms with Gasteiger partial charge in [-0.1, -0.05) is 6.92 Å². The lowest BCUT2D eigenvalue weighted by molar-refractivity contribution is 0.270. The maximum absolute atomic E-state index is 12.1. The molecular weight excluding hydrogens is 226 g/mol. The first kappa shape index (κ1) is 11.6. The summed E-state index contributed by atoms with van der Waals surface area (Å²) < 4.78 is 26.9. The lowest BCUT2D eigenvalue weighted by atomic mass is 9.83. The molecule has 1 saturated carbocycles. The Bertz CT molecular complexity index is 467. The van der Waals surface area contributed by atoms with Crippen LogP contribution in [-0.2, 0) is 10.0 Å². The van der Waals surface area contributed by atoms with Crippen molar-refractivity contribution in [3.8, 4) is 0 Å². The first-order valence-corrected chi connectivity index (χ1v) is 6.92. The maximum Gasteiger partial charge on any atom is 0.244 e. The molecule has 1 heterocycles. The second-order valence-corrected chi connectivity index (χ2v) is 6.31. The van der Waals surface area contributed by atoms with Crippen LogP contribution in [0.4, 0.5) is 0 Å². The van der Waals surface area contributed by atoms with Gasteiger partial charge in [0.25, 0.3) is 0 Å². The van der Waals surface area contributed by atoms with Crippen molar-refractivity contribution in [1.82, 2.24) is 14.9 Å². The highest BCUT2D eigenvalue weighted by molar-refractivity contribution is 7.89. The Morgan fingerprint density at radius 1 is 1.38 bits per heavy atom. The summed E-state index contributed by atoms with van der Waals surface area (Å²) in [6, 6.07) is 0.0914. The van der Waals surface area contributed by atoms with E-state index in [9.17, 15) is 8.42 Å². The number of hydrogen-bond acceptors (Lipinski definition) is 3. The zero-order valence-corrected chi connectivity index (χ0v) is 10.6. The molecule has 1 aromatic heterocycles. The highest BCUT2D eigenvalue weighted by atomic mass is 32.2. The summed E-state index contributed by atoms with van der Waals surface area (Å²) in [6.45, 7) is 5.54. The molecule has 5 nitrogen and oxygen atoms in total. The first-order valence-electron chi connectivity index (χ1n) is 5.44. The second kappa shape index (κ2) is 3.85. The Morgan fingerprint density at radius 2 is 2.00 bits per heavy atom. The minimum Gasteiger partial charge on any atom is -0.281 e. The van der Waals surface area contributed by atoms with E-state index in [1.807, 2.05) is 0 Å². The number of hydrogen-bond donors (Lipinski definition) is 2. The average molecular weight is 243 g/mol. The van der Waals surface area contributed by atoms with E-state index in [1.165, 1.54) is 0 Å². The monoisotopic (exact) mass is 243 g/mol. The Hall–Kier alpha value is -0.880. The van der Waals surface area contributed by atoms with Crippen molar-refractivity contribution in [3.63, 3.8) is 0 Å². The van der Waals surface area contributed by atoms with Gasteiger partial charge in [0, 0.05) is 6.04 Å². The summed E-state index contributed by atoms with van der Waals surface area (Å²) in [4.78, 5) is 0.298. The zero-order valence-electron chi connectivity index (χ0n) is 9.74. The van der Waals surface area contributed by atoms with E-state index in [0.29, 0.717) is 22.2 Å². The molecule has 0 atom stereocenters. The van der Waals surface area contributed by atoms with Crippen LogP contribution in [0, 0.1) is 19.8 Å². The maximum atomic E-state index is 12.1. The van der Waals surface area contributed by atoms with E-state index in [1.54, 1.807) is 13.8 Å². The number of aromatic amines is 1. The van der Waals surface area contributed by atoms with Crippen LogP contribution in [0.3, 0.4) is 0 Å². The Labute approximate surface area is 95.7 Å². The number of aromatic nitrogens is 2. The number of aryl methyl sites for hydroxylation is 2. The molecule has 0 radical (unpaired) electrons. The van der Waals surface area contributed by atoms with Crippen LogP contribution < -0.4 is 4.72 Å². The summed E-state index contributed by atoms with van der Waals surface area (Å²) in [5, 5.41) is 6.60. The van der Waals surface area contributed by atoms with Gasteiger partial charge >= 0.3 is 0 Å². The molecule has 0 amide bonds. The molecule has 0 saturated heterocycles. The van der Waals surface area contributed by atoms with E-state index in [0.717, 1.165) is 12.8 Å². The van der Waals surface area contributed by atoms with Crippen molar-refractivity contribution >= 4 is 10.0 Å². The fourth-order valence-corrected chi connectivity index (χ4v) is 3.85. The van der Waals surface area contributed by atoms with Crippen molar-refractivity contribution in [2.45, 2.75) is 44.6 Å². The third kappa shape index (κ3) is 1.99. The molecule has 1 aromatic rings. The highest BCUT2D eigenvalue weighted by Gasteiger charge is 2.31. The highest BCUT2D eigenvalue weighted by Crippen LogP contribution is 2.28. The normalized spacial score (nSPS) is 25.4. The molecular formula is C10H17N3O2S. The van der Waals surface area contributed by atoms with E-state index in [4.69, 9.17) is 0 Å². The Morgan fingerprint density at radius 3 is 2.44 bits per heavy atom. The number of sulfonamides is 1. The Balaban J connectivity index is 2.19. The lowest BCUT2D eigenvalue weighted by Gasteiger charge is -2.32. The molecule has 0 aliphatic heterocycles. The summed E-state index contributed by atoms with van der Waals surface area (Å²) >= 11 is 0. The van der Waals surface area contributed by atoms with Gasteiger partial charge in [0.05, 0.1) is 11.4 Å². The number of rotatable bonds is 3. The SMILES string of the molecule is Cc1n[nH]c(C)c1S(=O)(=O)NC1CC(C)C1. The van der Waals surface area contributed by atoms with Crippen LogP contribution in [0.5, 0.6) is 0 Å². The number of nitrogens with one attached hydrogen (secondary N) is 2. The van der Waals surface area contributed by atoms with E-state index >= 15 is 0 Å². The van der Waals surface area contributed by atoms with Gasteiger partial charge in [-0.05, 0) is 32.6 Å². The van der Waals surface area contributed by atoms with E-state index in [-0.39, 0.29) is 6.04 Å². The summed E-state index contributed by atoms with van der Waals surface area (Å²) in [7, 11) is -3.41. The van der Waals surface area contributed by atoms with E-state index in [2.05, 4.69) is 21.8 Å². The summed E-state index contributed by atoms with van der Waals surface area (Å²) in [5.74, 6) is 0.624. The van der Waals surface area contributed by atoms with Gasteiger partial charge in [0.1, 0.15) is 4.90 Å². The summed E-state index contributed by atoms with van der Waals surface area (Å²) in [5.41, 5.74) is 1.12. The van der Waals surface area contributed by atoms with Gasteiger partial charge in [-0.25, -0.2) is 13.1 Å². The predicted octanol–water partition coefficient (Wildman–Crippen LogP) is 1.10. The topological polar surface area (TPSA) is 74.8 Å². The number of nitrogens with zero attached hydrogens (tertiary/aromatic N) is 1. The number of H-pyrrole nitrogens is 1. The van der Waals surface area contributed by atoms with Crippen LogP contribution >= 0.6 is 0 Å². The van der Waals surface area contributed by atoms with Gasteiger partial charge in [-0.3, -0.25) is 5.10 Å². The van der Waals surface area contributed by atoms with Gasteiger partial charge in [-0.15, -0.1) is 0 Å². The minimum atomic E-state index is -3.41. The molecule has 0 spiro atoms. The molecule has 2 rings (SSSR count). The molecule has 90 valence electrons. The third-order valence-corrected chi connectivity index (χ3v) is 4.81. The molecule has 1 aliphatic carbocycles. The molecule has 2 N–H and O–H groups in total. The zero-order chi connectivity index (χ0) is 11.9. The van der Waals surface area contributed by atoms with Crippen molar-refractivity contribution in [2.24, 2.45) is 5.92 Å². The first-order chi connectivity index (χ1) is 7.40. The van der Waals surface area contributed by atoms with Gasteiger partial charge < -0.3 is 0 Å². The Kier molecular flexibility index (Phi) is 2.79. The van der Waals surface area contributed by atoms with Crippen LogP contribution in [-0.4, -0.2) is 24.7 Å². The molecule has 1 aliphatic rings. The summed E-state index contributed by atoms with van der Waals surface area (Å²) in [6.07, 6.45) is 1.85. The molecule has 6 heteroatoms. The molecule has 1 fully saturated rings. The molecule has 0 aromatic carbocycles. The van der Waals surface area contributed by atoms with Crippen molar-refractivity contribution in [2.75, 3.05) is 0 Å².